The van der Waals surface area contributed by atoms with E-state index in [9.17, 15) is 0 Å². The summed E-state index contributed by atoms with van der Waals surface area (Å²) in [5.74, 6) is 0. The van der Waals surface area contributed by atoms with Crippen LogP contribution in [0.25, 0.3) is 0 Å². The lowest BCUT2D eigenvalue weighted by Gasteiger charge is -2.15. The summed E-state index contributed by atoms with van der Waals surface area (Å²) >= 11 is 1.74. The van der Waals surface area contributed by atoms with Crippen LogP contribution < -0.4 is 5.32 Å². The maximum atomic E-state index is 5.13. The number of ether oxygens (including phenoxy) is 1. The van der Waals surface area contributed by atoms with Gasteiger partial charge in [-0.05, 0) is 20.8 Å². The van der Waals surface area contributed by atoms with Gasteiger partial charge in [-0.15, -0.1) is 11.3 Å². The van der Waals surface area contributed by atoms with Crippen molar-refractivity contribution >= 4 is 11.3 Å². The van der Waals surface area contributed by atoms with Crippen molar-refractivity contribution in [1.29, 1.82) is 0 Å². The Morgan fingerprint density at radius 3 is 2.60 bits per heavy atom. The van der Waals surface area contributed by atoms with Crippen LogP contribution in [0.5, 0.6) is 0 Å². The molecule has 5 nitrogen and oxygen atoms in total. The molecule has 0 fully saturated rings. The Morgan fingerprint density at radius 1 is 1.35 bits per heavy atom. The molecule has 0 aliphatic carbocycles. The van der Waals surface area contributed by atoms with Gasteiger partial charge in [-0.2, -0.15) is 5.10 Å². The van der Waals surface area contributed by atoms with Gasteiger partial charge in [0.25, 0.3) is 0 Å². The van der Waals surface area contributed by atoms with Gasteiger partial charge >= 0.3 is 0 Å². The normalized spacial score (nSPS) is 12.8. The summed E-state index contributed by atoms with van der Waals surface area (Å²) in [5.41, 5.74) is 3.32. The summed E-state index contributed by atoms with van der Waals surface area (Å²) in [7, 11) is 3.66. The number of rotatable bonds is 6. The van der Waals surface area contributed by atoms with Crippen molar-refractivity contribution in [2.45, 2.75) is 26.8 Å². The highest BCUT2D eigenvalue weighted by molar-refractivity contribution is 7.11. The van der Waals surface area contributed by atoms with Crippen molar-refractivity contribution in [3.63, 3.8) is 0 Å². The fourth-order valence-corrected chi connectivity index (χ4v) is 3.18. The first-order chi connectivity index (χ1) is 9.52. The maximum Gasteiger partial charge on any atom is 0.115 e. The molecular weight excluding hydrogens is 272 g/mol. The van der Waals surface area contributed by atoms with Crippen molar-refractivity contribution in [2.24, 2.45) is 7.05 Å². The highest BCUT2D eigenvalue weighted by Crippen LogP contribution is 2.29. The van der Waals surface area contributed by atoms with Gasteiger partial charge in [0, 0.05) is 37.3 Å². The van der Waals surface area contributed by atoms with Crippen molar-refractivity contribution in [2.75, 3.05) is 20.3 Å². The van der Waals surface area contributed by atoms with Crippen molar-refractivity contribution in [3.05, 3.63) is 33.0 Å². The number of methoxy groups -OCH3 is 1. The molecule has 0 saturated heterocycles. The SMILES string of the molecule is COCCNC(c1nc(C)c(C)s1)c1cn(C)nc1C. The first-order valence-electron chi connectivity index (χ1n) is 6.69. The molecule has 20 heavy (non-hydrogen) atoms. The number of aryl methyl sites for hydroxylation is 4. The van der Waals surface area contributed by atoms with Gasteiger partial charge in [0.2, 0.25) is 0 Å². The molecule has 0 radical (unpaired) electrons. The quantitative estimate of drug-likeness (QED) is 0.829. The Kier molecular flexibility index (Phi) is 4.91. The molecule has 1 atom stereocenters. The Labute approximate surface area is 124 Å². The summed E-state index contributed by atoms with van der Waals surface area (Å²) in [6.07, 6.45) is 2.06. The molecule has 0 spiro atoms. The van der Waals surface area contributed by atoms with E-state index in [0.29, 0.717) is 6.61 Å². The van der Waals surface area contributed by atoms with Crippen molar-refractivity contribution < 1.29 is 4.74 Å². The summed E-state index contributed by atoms with van der Waals surface area (Å²) in [6, 6.07) is 0.0799. The monoisotopic (exact) mass is 294 g/mol. The van der Waals surface area contributed by atoms with Crippen LogP contribution >= 0.6 is 11.3 Å². The van der Waals surface area contributed by atoms with Gasteiger partial charge in [0.1, 0.15) is 5.01 Å². The third-order valence-corrected chi connectivity index (χ3v) is 4.45. The van der Waals surface area contributed by atoms with E-state index in [0.717, 1.165) is 22.9 Å². The van der Waals surface area contributed by atoms with Gasteiger partial charge in [0.15, 0.2) is 0 Å². The lowest BCUT2D eigenvalue weighted by Crippen LogP contribution is -2.26. The highest BCUT2D eigenvalue weighted by Gasteiger charge is 2.21. The van der Waals surface area contributed by atoms with Gasteiger partial charge in [0.05, 0.1) is 24.0 Å². The Hall–Kier alpha value is -1.24. The Balaban J connectivity index is 2.31. The van der Waals surface area contributed by atoms with Gasteiger partial charge < -0.3 is 10.1 Å². The number of hydrogen-bond acceptors (Lipinski definition) is 5. The van der Waals surface area contributed by atoms with E-state index in [-0.39, 0.29) is 6.04 Å². The second kappa shape index (κ2) is 6.47. The van der Waals surface area contributed by atoms with Crippen LogP contribution in [0.1, 0.15) is 32.9 Å². The fraction of sp³-hybridized carbons (Fsp3) is 0.571. The lowest BCUT2D eigenvalue weighted by molar-refractivity contribution is 0.197. The van der Waals surface area contributed by atoms with Crippen LogP contribution in [-0.2, 0) is 11.8 Å². The molecule has 2 aromatic heterocycles. The van der Waals surface area contributed by atoms with E-state index in [1.165, 1.54) is 10.4 Å². The van der Waals surface area contributed by atoms with Gasteiger partial charge in [-0.1, -0.05) is 0 Å². The second-order valence-electron chi connectivity index (χ2n) is 4.92. The summed E-state index contributed by atoms with van der Waals surface area (Å²) in [6.45, 7) is 7.66. The molecule has 2 rings (SSSR count). The summed E-state index contributed by atoms with van der Waals surface area (Å²) in [5, 5.41) is 9.04. The standard InChI is InChI=1S/C14H22N4OS/c1-9-11(3)20-14(16-9)13(15-6-7-19-5)12-8-18(4)17-10(12)2/h8,13,15H,6-7H2,1-5H3. The van der Waals surface area contributed by atoms with Gasteiger partial charge in [-0.25, -0.2) is 4.98 Å². The number of nitrogens with one attached hydrogen (secondary N) is 1. The summed E-state index contributed by atoms with van der Waals surface area (Å²) in [4.78, 5) is 5.96. The van der Waals surface area contributed by atoms with E-state index < -0.39 is 0 Å². The first-order valence-corrected chi connectivity index (χ1v) is 7.51. The lowest BCUT2D eigenvalue weighted by atomic mass is 10.1. The number of aromatic nitrogens is 3. The number of hydrogen-bond donors (Lipinski definition) is 1. The molecule has 1 N–H and O–H groups in total. The zero-order valence-electron chi connectivity index (χ0n) is 12.7. The minimum Gasteiger partial charge on any atom is -0.383 e. The van der Waals surface area contributed by atoms with Crippen LogP contribution in [0.2, 0.25) is 0 Å². The topological polar surface area (TPSA) is 52.0 Å². The molecule has 2 heterocycles. The summed E-state index contributed by atoms with van der Waals surface area (Å²) < 4.78 is 6.98. The first kappa shape index (κ1) is 15.2. The molecule has 0 saturated carbocycles. The molecule has 1 unspecified atom stereocenters. The predicted octanol–water partition coefficient (Wildman–Crippen LogP) is 2.13. The molecular formula is C14H22N4OS. The molecule has 2 aromatic rings. The Morgan fingerprint density at radius 2 is 2.10 bits per heavy atom. The molecule has 0 aliphatic rings. The van der Waals surface area contributed by atoms with E-state index in [1.807, 2.05) is 18.7 Å². The smallest absolute Gasteiger partial charge is 0.115 e. The zero-order valence-corrected chi connectivity index (χ0v) is 13.5. The van der Waals surface area contributed by atoms with Crippen LogP contribution in [0.3, 0.4) is 0 Å². The average molecular weight is 294 g/mol. The molecule has 0 aliphatic heterocycles. The van der Waals surface area contributed by atoms with Crippen LogP contribution in [0.15, 0.2) is 6.20 Å². The number of thiazole rings is 1. The molecule has 0 bridgehead atoms. The van der Waals surface area contributed by atoms with E-state index in [4.69, 9.17) is 9.72 Å². The average Bonchev–Trinajstić information content (AvgIpc) is 2.89. The predicted molar refractivity (Wildman–Crippen MR) is 81.3 cm³/mol. The number of nitrogens with zero attached hydrogens (tertiary/aromatic N) is 3. The molecule has 110 valence electrons. The fourth-order valence-electron chi connectivity index (χ4n) is 2.16. The molecule has 0 aromatic carbocycles. The third-order valence-electron chi connectivity index (χ3n) is 3.31. The Bertz CT molecular complexity index is 556. The molecule has 6 heteroatoms. The third kappa shape index (κ3) is 3.26. The maximum absolute atomic E-state index is 5.13. The van der Waals surface area contributed by atoms with Crippen LogP contribution in [0.4, 0.5) is 0 Å². The van der Waals surface area contributed by atoms with E-state index >= 15 is 0 Å². The minimum absolute atomic E-state index is 0.0799. The minimum atomic E-state index is 0.0799. The van der Waals surface area contributed by atoms with Gasteiger partial charge in [-0.3, -0.25) is 4.68 Å². The second-order valence-corrected chi connectivity index (χ2v) is 6.15. The van der Waals surface area contributed by atoms with Crippen LogP contribution in [-0.4, -0.2) is 35.0 Å². The van der Waals surface area contributed by atoms with E-state index in [2.05, 4.69) is 30.5 Å². The molecule has 0 amide bonds. The van der Waals surface area contributed by atoms with Crippen molar-refractivity contribution in [3.8, 4) is 0 Å². The van der Waals surface area contributed by atoms with Crippen molar-refractivity contribution in [1.82, 2.24) is 20.1 Å². The van der Waals surface area contributed by atoms with Crippen LogP contribution in [0, 0.1) is 20.8 Å². The van der Waals surface area contributed by atoms with E-state index in [1.54, 1.807) is 18.4 Å². The largest absolute Gasteiger partial charge is 0.383 e. The zero-order chi connectivity index (χ0) is 14.7. The highest BCUT2D eigenvalue weighted by atomic mass is 32.1.